The van der Waals surface area contributed by atoms with Crippen molar-refractivity contribution in [3.05, 3.63) is 56.6 Å². The van der Waals surface area contributed by atoms with Gasteiger partial charge in [0.1, 0.15) is 5.82 Å². The second kappa shape index (κ2) is 5.22. The molecule has 5 nitrogen and oxygen atoms in total. The third-order valence-electron chi connectivity index (χ3n) is 3.96. The van der Waals surface area contributed by atoms with Gasteiger partial charge >= 0.3 is 5.69 Å². The molecular formula is C16H12Cl2N4O. The van der Waals surface area contributed by atoms with Gasteiger partial charge in [0.05, 0.1) is 21.1 Å². The van der Waals surface area contributed by atoms with Crippen molar-refractivity contribution >= 4 is 40.1 Å². The van der Waals surface area contributed by atoms with Crippen molar-refractivity contribution in [2.45, 2.75) is 18.8 Å². The second-order valence-electron chi connectivity index (χ2n) is 5.57. The third-order valence-corrected chi connectivity index (χ3v) is 4.77. The Morgan fingerprint density at radius 3 is 2.65 bits per heavy atom. The minimum Gasteiger partial charge on any atom is -0.383 e. The zero-order chi connectivity index (χ0) is 16.1. The van der Waals surface area contributed by atoms with Gasteiger partial charge in [-0.2, -0.15) is 4.98 Å². The van der Waals surface area contributed by atoms with Crippen LogP contribution >= 0.6 is 23.2 Å². The fraction of sp³-hybridized carbons (Fsp3) is 0.188. The van der Waals surface area contributed by atoms with Gasteiger partial charge < -0.3 is 5.73 Å². The molecule has 0 unspecified atom stereocenters. The predicted octanol–water partition coefficient (Wildman–Crippen LogP) is 3.55. The molecule has 0 bridgehead atoms. The number of halogens is 2. The summed E-state index contributed by atoms with van der Waals surface area (Å²) in [5.74, 6) is 0.612. The monoisotopic (exact) mass is 346 g/mol. The summed E-state index contributed by atoms with van der Waals surface area (Å²) < 4.78 is 1.37. The maximum atomic E-state index is 12.4. The number of anilines is 1. The van der Waals surface area contributed by atoms with Crippen LogP contribution in [-0.2, 0) is 0 Å². The van der Waals surface area contributed by atoms with E-state index in [2.05, 4.69) is 9.97 Å². The highest BCUT2D eigenvalue weighted by Gasteiger charge is 2.26. The van der Waals surface area contributed by atoms with E-state index < -0.39 is 5.69 Å². The molecule has 0 saturated heterocycles. The number of fused-ring (bicyclic) bond motifs is 1. The first-order chi connectivity index (χ1) is 11.1. The van der Waals surface area contributed by atoms with Gasteiger partial charge in [-0.3, -0.25) is 0 Å². The number of rotatable bonds is 2. The molecule has 0 aliphatic heterocycles. The number of nitrogens with zero attached hydrogens (tertiary/aromatic N) is 3. The molecule has 2 aromatic heterocycles. The minimum absolute atomic E-state index is 0.161. The van der Waals surface area contributed by atoms with Crippen LogP contribution < -0.4 is 11.4 Å². The number of aromatic nitrogens is 3. The van der Waals surface area contributed by atoms with E-state index in [9.17, 15) is 4.79 Å². The van der Waals surface area contributed by atoms with Gasteiger partial charge in [-0.25, -0.2) is 14.3 Å². The zero-order valence-electron chi connectivity index (χ0n) is 12.0. The lowest BCUT2D eigenvalue weighted by Gasteiger charge is -2.13. The Balaban J connectivity index is 2.10. The van der Waals surface area contributed by atoms with Gasteiger partial charge in [-0.1, -0.05) is 29.3 Å². The van der Waals surface area contributed by atoms with Crippen molar-refractivity contribution in [3.8, 4) is 5.69 Å². The zero-order valence-corrected chi connectivity index (χ0v) is 13.5. The lowest BCUT2D eigenvalue weighted by Crippen LogP contribution is -2.24. The summed E-state index contributed by atoms with van der Waals surface area (Å²) in [4.78, 5) is 21.0. The number of pyridine rings is 1. The largest absolute Gasteiger partial charge is 0.383 e. The van der Waals surface area contributed by atoms with Gasteiger partial charge in [0.15, 0.2) is 5.65 Å². The van der Waals surface area contributed by atoms with Crippen LogP contribution in [0.3, 0.4) is 0 Å². The lowest BCUT2D eigenvalue weighted by molar-refractivity contribution is 0.927. The Labute approximate surface area is 141 Å². The van der Waals surface area contributed by atoms with Gasteiger partial charge in [0, 0.05) is 11.6 Å². The highest BCUT2D eigenvalue weighted by molar-refractivity contribution is 6.43. The molecule has 23 heavy (non-hydrogen) atoms. The molecule has 0 atom stereocenters. The fourth-order valence-corrected chi connectivity index (χ4v) is 3.01. The maximum absolute atomic E-state index is 12.4. The first-order valence-corrected chi connectivity index (χ1v) is 7.95. The van der Waals surface area contributed by atoms with Gasteiger partial charge in [-0.05, 0) is 37.1 Å². The molecule has 1 aliphatic carbocycles. The third kappa shape index (κ3) is 2.36. The molecule has 7 heteroatoms. The number of nitrogen functional groups attached to an aromatic ring is 1. The van der Waals surface area contributed by atoms with E-state index in [0.29, 0.717) is 27.7 Å². The van der Waals surface area contributed by atoms with Gasteiger partial charge in [0.2, 0.25) is 0 Å². The van der Waals surface area contributed by atoms with Crippen LogP contribution in [0.2, 0.25) is 10.0 Å². The molecule has 2 heterocycles. The van der Waals surface area contributed by atoms with Crippen molar-refractivity contribution in [3.63, 3.8) is 0 Å². The summed E-state index contributed by atoms with van der Waals surface area (Å²) in [6, 6.07) is 8.88. The van der Waals surface area contributed by atoms with Crippen molar-refractivity contribution in [1.82, 2.24) is 14.5 Å². The molecule has 0 spiro atoms. The first-order valence-electron chi connectivity index (χ1n) is 7.20. The molecule has 3 aromatic rings. The number of nitrogens with two attached hydrogens (primary N) is 1. The number of benzene rings is 1. The molecule has 0 amide bonds. The summed E-state index contributed by atoms with van der Waals surface area (Å²) in [7, 11) is 0. The number of hydrogen-bond acceptors (Lipinski definition) is 4. The first kappa shape index (κ1) is 14.5. The Kier molecular flexibility index (Phi) is 3.28. The van der Waals surface area contributed by atoms with E-state index in [1.807, 2.05) is 12.1 Å². The molecule has 0 radical (unpaired) electrons. The SMILES string of the molecule is Nc1nc(=O)n(-c2cccc(Cl)c2Cl)c2nc(C3CC3)ccc12. The Hall–Kier alpha value is -2.11. The average Bonchev–Trinajstić information content (AvgIpc) is 3.35. The molecule has 1 aromatic carbocycles. The lowest BCUT2D eigenvalue weighted by atomic mass is 10.2. The molecule has 1 saturated carbocycles. The van der Waals surface area contributed by atoms with Crippen molar-refractivity contribution < 1.29 is 0 Å². The topological polar surface area (TPSA) is 73.8 Å². The molecule has 1 fully saturated rings. The van der Waals surface area contributed by atoms with Crippen LogP contribution in [0, 0.1) is 0 Å². The summed E-state index contributed by atoms with van der Waals surface area (Å²) in [5.41, 5.74) is 7.22. The standard InChI is InChI=1S/C16H12Cl2N4O/c17-10-2-1-3-12(13(10)18)22-15-9(14(19)21-16(22)23)6-7-11(20-15)8-4-5-8/h1-3,6-8H,4-5H2,(H2,19,21,23). The van der Waals surface area contributed by atoms with E-state index in [1.165, 1.54) is 4.57 Å². The van der Waals surface area contributed by atoms with E-state index in [-0.39, 0.29) is 10.8 Å². The highest BCUT2D eigenvalue weighted by atomic mass is 35.5. The normalized spacial score (nSPS) is 14.3. The van der Waals surface area contributed by atoms with E-state index in [0.717, 1.165) is 18.5 Å². The van der Waals surface area contributed by atoms with E-state index in [1.54, 1.807) is 18.2 Å². The fourth-order valence-electron chi connectivity index (χ4n) is 2.63. The van der Waals surface area contributed by atoms with Crippen molar-refractivity contribution in [2.24, 2.45) is 0 Å². The molecule has 4 rings (SSSR count). The highest BCUT2D eigenvalue weighted by Crippen LogP contribution is 2.39. The van der Waals surface area contributed by atoms with Gasteiger partial charge in [-0.15, -0.1) is 0 Å². The maximum Gasteiger partial charge on any atom is 0.355 e. The summed E-state index contributed by atoms with van der Waals surface area (Å²) >= 11 is 12.4. The quantitative estimate of drug-likeness (QED) is 0.769. The predicted molar refractivity (Wildman–Crippen MR) is 91.5 cm³/mol. The molecule has 1 aliphatic rings. The summed E-state index contributed by atoms with van der Waals surface area (Å²) in [5, 5.41) is 1.26. The molecule has 2 N–H and O–H groups in total. The minimum atomic E-state index is -0.528. The van der Waals surface area contributed by atoms with Crippen LogP contribution in [0.1, 0.15) is 24.5 Å². The second-order valence-corrected chi connectivity index (χ2v) is 6.35. The van der Waals surface area contributed by atoms with Crippen LogP contribution in [0.15, 0.2) is 35.1 Å². The van der Waals surface area contributed by atoms with Crippen LogP contribution in [0.5, 0.6) is 0 Å². The van der Waals surface area contributed by atoms with Gasteiger partial charge in [0.25, 0.3) is 0 Å². The summed E-state index contributed by atoms with van der Waals surface area (Å²) in [6.45, 7) is 0. The van der Waals surface area contributed by atoms with E-state index in [4.69, 9.17) is 28.9 Å². The molecular weight excluding hydrogens is 335 g/mol. The van der Waals surface area contributed by atoms with Crippen molar-refractivity contribution in [1.29, 1.82) is 0 Å². The Morgan fingerprint density at radius 1 is 1.13 bits per heavy atom. The summed E-state index contributed by atoms with van der Waals surface area (Å²) in [6.07, 6.45) is 2.22. The van der Waals surface area contributed by atoms with E-state index >= 15 is 0 Å². The molecule has 116 valence electrons. The Morgan fingerprint density at radius 2 is 1.91 bits per heavy atom. The smallest absolute Gasteiger partial charge is 0.355 e. The van der Waals surface area contributed by atoms with Crippen LogP contribution in [-0.4, -0.2) is 14.5 Å². The average molecular weight is 347 g/mol. The Bertz CT molecular complexity index is 995. The van der Waals surface area contributed by atoms with Crippen LogP contribution in [0.4, 0.5) is 5.82 Å². The van der Waals surface area contributed by atoms with Crippen molar-refractivity contribution in [2.75, 3.05) is 5.73 Å². The van der Waals surface area contributed by atoms with Crippen LogP contribution in [0.25, 0.3) is 16.7 Å². The number of hydrogen-bond donors (Lipinski definition) is 1.